The van der Waals surface area contributed by atoms with E-state index >= 15 is 0 Å². The number of nitrogens with one attached hydrogen (secondary N) is 2. The van der Waals surface area contributed by atoms with E-state index in [1.165, 1.54) is 11.1 Å². The van der Waals surface area contributed by atoms with E-state index in [4.69, 9.17) is 0 Å². The third kappa shape index (κ3) is 1.59. The highest BCUT2D eigenvalue weighted by Gasteiger charge is 2.03. The minimum Gasteiger partial charge on any atom is -0.367 e. The van der Waals surface area contributed by atoms with Crippen molar-refractivity contribution in [3.05, 3.63) is 30.1 Å². The second kappa shape index (κ2) is 3.59. The molecule has 64 valence electrons. The fourth-order valence-electron chi connectivity index (χ4n) is 1.58. The SMILES string of the molecule is C1=C(c2cc[nH]c2)CCNCC1. The van der Waals surface area contributed by atoms with Crippen LogP contribution in [0.15, 0.2) is 24.5 Å². The monoisotopic (exact) mass is 162 g/mol. The van der Waals surface area contributed by atoms with E-state index in [1.807, 2.05) is 6.20 Å². The van der Waals surface area contributed by atoms with Gasteiger partial charge in [-0.15, -0.1) is 0 Å². The largest absolute Gasteiger partial charge is 0.367 e. The van der Waals surface area contributed by atoms with Gasteiger partial charge in [0.05, 0.1) is 0 Å². The Kier molecular flexibility index (Phi) is 2.28. The van der Waals surface area contributed by atoms with Gasteiger partial charge in [-0.05, 0) is 43.1 Å². The summed E-state index contributed by atoms with van der Waals surface area (Å²) in [6.07, 6.45) is 8.69. The summed E-state index contributed by atoms with van der Waals surface area (Å²) in [5.41, 5.74) is 2.82. The zero-order chi connectivity index (χ0) is 8.23. The van der Waals surface area contributed by atoms with E-state index in [0.29, 0.717) is 0 Å². The Morgan fingerprint density at radius 3 is 3.08 bits per heavy atom. The molecule has 0 spiro atoms. The van der Waals surface area contributed by atoms with E-state index in [2.05, 4.69) is 28.6 Å². The highest BCUT2D eigenvalue weighted by Crippen LogP contribution is 2.18. The Balaban J connectivity index is 2.16. The van der Waals surface area contributed by atoms with Crippen molar-refractivity contribution in [1.29, 1.82) is 0 Å². The predicted octanol–water partition coefficient (Wildman–Crippen LogP) is 1.78. The quantitative estimate of drug-likeness (QED) is 0.647. The van der Waals surface area contributed by atoms with Crippen molar-refractivity contribution in [2.45, 2.75) is 12.8 Å². The third-order valence-corrected chi connectivity index (χ3v) is 2.25. The van der Waals surface area contributed by atoms with E-state index in [1.54, 1.807) is 0 Å². The highest BCUT2D eigenvalue weighted by atomic mass is 14.8. The summed E-state index contributed by atoms with van der Waals surface area (Å²) in [6.45, 7) is 2.23. The second-order valence-corrected chi connectivity index (χ2v) is 3.12. The van der Waals surface area contributed by atoms with Crippen molar-refractivity contribution < 1.29 is 0 Å². The molecule has 0 atom stereocenters. The first-order valence-corrected chi connectivity index (χ1v) is 4.50. The van der Waals surface area contributed by atoms with Gasteiger partial charge in [0.25, 0.3) is 0 Å². The van der Waals surface area contributed by atoms with Gasteiger partial charge in [-0.2, -0.15) is 0 Å². The number of H-pyrrole nitrogens is 1. The molecule has 2 rings (SSSR count). The van der Waals surface area contributed by atoms with Crippen molar-refractivity contribution in [2.24, 2.45) is 0 Å². The number of hydrogen-bond donors (Lipinski definition) is 2. The van der Waals surface area contributed by atoms with Crippen molar-refractivity contribution in [2.75, 3.05) is 13.1 Å². The lowest BCUT2D eigenvalue weighted by Gasteiger charge is -2.00. The molecule has 1 aromatic rings. The molecule has 2 heterocycles. The highest BCUT2D eigenvalue weighted by molar-refractivity contribution is 5.65. The predicted molar refractivity (Wildman–Crippen MR) is 50.9 cm³/mol. The summed E-state index contributed by atoms with van der Waals surface area (Å²) in [4.78, 5) is 3.09. The lowest BCUT2D eigenvalue weighted by atomic mass is 10.1. The Morgan fingerprint density at radius 1 is 1.25 bits per heavy atom. The maximum absolute atomic E-state index is 3.38. The fraction of sp³-hybridized carbons (Fsp3) is 0.400. The molecule has 0 aliphatic carbocycles. The van der Waals surface area contributed by atoms with Crippen LogP contribution in [0.1, 0.15) is 18.4 Å². The molecule has 0 bridgehead atoms. The first kappa shape index (κ1) is 7.62. The summed E-state index contributed by atoms with van der Waals surface area (Å²) in [7, 11) is 0. The number of hydrogen-bond acceptors (Lipinski definition) is 1. The maximum Gasteiger partial charge on any atom is 0.00807 e. The molecule has 1 aliphatic rings. The molecule has 2 N–H and O–H groups in total. The smallest absolute Gasteiger partial charge is 0.00807 e. The van der Waals surface area contributed by atoms with Crippen LogP contribution >= 0.6 is 0 Å². The van der Waals surface area contributed by atoms with Crippen LogP contribution in [0.4, 0.5) is 0 Å². The molecule has 1 aliphatic heterocycles. The van der Waals surface area contributed by atoms with E-state index in [-0.39, 0.29) is 0 Å². The van der Waals surface area contributed by atoms with Crippen molar-refractivity contribution >= 4 is 5.57 Å². The van der Waals surface area contributed by atoms with Crippen LogP contribution in [-0.2, 0) is 0 Å². The molecule has 0 saturated carbocycles. The molecule has 0 unspecified atom stereocenters. The summed E-state index contributed by atoms with van der Waals surface area (Å²) >= 11 is 0. The summed E-state index contributed by atoms with van der Waals surface area (Å²) in [6, 6.07) is 2.14. The molecule has 1 aromatic heterocycles. The lowest BCUT2D eigenvalue weighted by Crippen LogP contribution is -2.13. The average molecular weight is 162 g/mol. The Bertz CT molecular complexity index is 259. The summed E-state index contributed by atoms with van der Waals surface area (Å²) in [5, 5.41) is 3.38. The van der Waals surface area contributed by atoms with Gasteiger partial charge in [0.2, 0.25) is 0 Å². The van der Waals surface area contributed by atoms with Gasteiger partial charge in [0, 0.05) is 12.4 Å². The Labute approximate surface area is 72.7 Å². The summed E-state index contributed by atoms with van der Waals surface area (Å²) in [5.74, 6) is 0. The molecule has 2 nitrogen and oxygen atoms in total. The molecule has 12 heavy (non-hydrogen) atoms. The zero-order valence-electron chi connectivity index (χ0n) is 7.14. The number of aromatic nitrogens is 1. The van der Waals surface area contributed by atoms with Crippen LogP contribution in [-0.4, -0.2) is 18.1 Å². The van der Waals surface area contributed by atoms with Crippen molar-refractivity contribution in [3.63, 3.8) is 0 Å². The standard InChI is InChI=1S/C10H14N2/c1-2-9(3-6-11-5-1)10-4-7-12-8-10/h2,4,7-8,11-12H,1,3,5-6H2. The molecule has 0 fully saturated rings. The fourth-order valence-corrected chi connectivity index (χ4v) is 1.58. The van der Waals surface area contributed by atoms with E-state index in [0.717, 1.165) is 25.9 Å². The van der Waals surface area contributed by atoms with Crippen molar-refractivity contribution in [3.8, 4) is 0 Å². The van der Waals surface area contributed by atoms with Gasteiger partial charge < -0.3 is 10.3 Å². The Hall–Kier alpha value is -1.02. The Morgan fingerprint density at radius 2 is 2.25 bits per heavy atom. The normalized spacial score (nSPS) is 18.5. The topological polar surface area (TPSA) is 27.8 Å². The number of aromatic amines is 1. The first-order valence-electron chi connectivity index (χ1n) is 4.50. The van der Waals surface area contributed by atoms with E-state index < -0.39 is 0 Å². The third-order valence-electron chi connectivity index (χ3n) is 2.25. The van der Waals surface area contributed by atoms with Crippen LogP contribution in [0.5, 0.6) is 0 Å². The molecule has 0 aromatic carbocycles. The van der Waals surface area contributed by atoms with Crippen LogP contribution < -0.4 is 5.32 Å². The van der Waals surface area contributed by atoms with Crippen LogP contribution in [0.2, 0.25) is 0 Å². The van der Waals surface area contributed by atoms with Gasteiger partial charge in [-0.1, -0.05) is 6.08 Å². The van der Waals surface area contributed by atoms with E-state index in [9.17, 15) is 0 Å². The van der Waals surface area contributed by atoms with Gasteiger partial charge in [0.15, 0.2) is 0 Å². The number of rotatable bonds is 1. The van der Waals surface area contributed by atoms with Gasteiger partial charge >= 0.3 is 0 Å². The second-order valence-electron chi connectivity index (χ2n) is 3.12. The molecular weight excluding hydrogens is 148 g/mol. The lowest BCUT2D eigenvalue weighted by molar-refractivity contribution is 0.718. The minimum absolute atomic E-state index is 1.11. The summed E-state index contributed by atoms with van der Waals surface area (Å²) < 4.78 is 0. The maximum atomic E-state index is 3.38. The van der Waals surface area contributed by atoms with Crippen LogP contribution in [0, 0.1) is 0 Å². The molecule has 0 amide bonds. The van der Waals surface area contributed by atoms with Gasteiger partial charge in [-0.3, -0.25) is 0 Å². The van der Waals surface area contributed by atoms with Gasteiger partial charge in [0.1, 0.15) is 0 Å². The minimum atomic E-state index is 1.11. The molecule has 2 heteroatoms. The molecular formula is C10H14N2. The zero-order valence-corrected chi connectivity index (χ0v) is 7.14. The van der Waals surface area contributed by atoms with Crippen LogP contribution in [0.25, 0.3) is 5.57 Å². The molecule has 0 radical (unpaired) electrons. The van der Waals surface area contributed by atoms with Gasteiger partial charge in [-0.25, -0.2) is 0 Å². The molecule has 0 saturated heterocycles. The first-order chi connectivity index (χ1) is 5.97. The average Bonchev–Trinajstić information content (AvgIpc) is 2.48. The van der Waals surface area contributed by atoms with Crippen LogP contribution in [0.3, 0.4) is 0 Å². The van der Waals surface area contributed by atoms with Crippen molar-refractivity contribution in [1.82, 2.24) is 10.3 Å².